The summed E-state index contributed by atoms with van der Waals surface area (Å²) in [6.45, 7) is 4.71. The molecule has 0 saturated heterocycles. The molecule has 1 aromatic heterocycles. The highest BCUT2D eigenvalue weighted by molar-refractivity contribution is 7.92. The first kappa shape index (κ1) is 26.2. The molecule has 180 valence electrons. The molecule has 0 fully saturated rings. The molecule has 10 heteroatoms. The zero-order valence-electron chi connectivity index (χ0n) is 18.9. The predicted molar refractivity (Wildman–Crippen MR) is 139 cm³/mol. The van der Waals surface area contributed by atoms with Crippen LogP contribution in [0.3, 0.4) is 0 Å². The highest BCUT2D eigenvalue weighted by Gasteiger charge is 2.25. The minimum atomic E-state index is -3.36. The second-order valence-corrected chi connectivity index (χ2v) is 11.4. The average molecular weight is 540 g/mol. The lowest BCUT2D eigenvalue weighted by molar-refractivity contribution is 0.305. The summed E-state index contributed by atoms with van der Waals surface area (Å²) >= 11 is 13.5. The van der Waals surface area contributed by atoms with E-state index in [0.29, 0.717) is 39.6 Å². The fraction of sp³-hybridized carbons (Fsp3) is 0.292. The zero-order valence-corrected chi connectivity index (χ0v) is 22.0. The maximum absolute atomic E-state index is 11.3. The lowest BCUT2D eigenvalue weighted by atomic mass is 9.77. The Bertz CT molecular complexity index is 1300. The number of terminal acetylenes is 1. The van der Waals surface area contributed by atoms with Crippen LogP contribution in [0.5, 0.6) is 11.5 Å². The molecule has 0 aliphatic heterocycles. The number of nitrogens with zero attached hydrogens (tertiary/aromatic N) is 1. The Kier molecular flexibility index (Phi) is 8.37. The number of sulfonamides is 1. The van der Waals surface area contributed by atoms with Crippen molar-refractivity contribution in [3.8, 4) is 23.8 Å². The van der Waals surface area contributed by atoms with E-state index < -0.39 is 10.0 Å². The van der Waals surface area contributed by atoms with Crippen LogP contribution in [0.1, 0.15) is 35.5 Å². The molecule has 2 aromatic carbocycles. The average Bonchev–Trinajstić information content (AvgIpc) is 3.22. The Morgan fingerprint density at radius 2 is 1.88 bits per heavy atom. The summed E-state index contributed by atoms with van der Waals surface area (Å²) in [5.41, 5.74) is 2.18. The lowest BCUT2D eigenvalue weighted by Crippen LogP contribution is -2.19. The second kappa shape index (κ2) is 10.9. The van der Waals surface area contributed by atoms with Gasteiger partial charge in [-0.05, 0) is 35.4 Å². The smallest absolute Gasteiger partial charge is 0.230 e. The van der Waals surface area contributed by atoms with Gasteiger partial charge in [-0.15, -0.1) is 29.4 Å². The third-order valence-electron chi connectivity index (χ3n) is 5.02. The number of aromatic nitrogens is 1. The van der Waals surface area contributed by atoms with Crippen molar-refractivity contribution < 1.29 is 17.9 Å². The molecule has 3 aromatic rings. The first-order chi connectivity index (χ1) is 16.0. The van der Waals surface area contributed by atoms with Gasteiger partial charge in [-0.2, -0.15) is 0 Å². The van der Waals surface area contributed by atoms with E-state index in [4.69, 9.17) is 39.1 Å². The number of alkyl halides is 1. The topological polar surface area (TPSA) is 77.5 Å². The zero-order chi connectivity index (χ0) is 24.9. The number of thiazole rings is 1. The van der Waals surface area contributed by atoms with Gasteiger partial charge in [0.15, 0.2) is 11.6 Å². The summed E-state index contributed by atoms with van der Waals surface area (Å²) in [4.78, 5) is 4.21. The molecule has 0 radical (unpaired) electrons. The van der Waals surface area contributed by atoms with Crippen molar-refractivity contribution in [3.05, 3.63) is 68.5 Å². The van der Waals surface area contributed by atoms with Crippen molar-refractivity contribution in [2.24, 2.45) is 0 Å². The van der Waals surface area contributed by atoms with Crippen LogP contribution in [-0.4, -0.2) is 32.1 Å². The van der Waals surface area contributed by atoms with Gasteiger partial charge in [0.1, 0.15) is 24.0 Å². The number of rotatable bonds is 10. The van der Waals surface area contributed by atoms with E-state index >= 15 is 0 Å². The molecule has 0 aliphatic rings. The van der Waals surface area contributed by atoms with Crippen molar-refractivity contribution in [1.82, 2.24) is 4.98 Å². The van der Waals surface area contributed by atoms with E-state index in [2.05, 4.69) is 29.5 Å². The fourth-order valence-electron chi connectivity index (χ4n) is 3.24. The molecule has 0 unspecified atom stereocenters. The number of ether oxygens (including phenoxy) is 2. The van der Waals surface area contributed by atoms with E-state index in [1.165, 1.54) is 11.3 Å². The molecular formula is C24H24Cl2N2O4S2. The monoisotopic (exact) mass is 538 g/mol. The summed E-state index contributed by atoms with van der Waals surface area (Å²) in [5, 5.41) is 2.73. The molecule has 3 rings (SSSR count). The molecule has 0 aliphatic carbocycles. The second-order valence-electron chi connectivity index (χ2n) is 7.96. The maximum atomic E-state index is 11.3. The normalized spacial score (nSPS) is 11.6. The summed E-state index contributed by atoms with van der Waals surface area (Å²) < 4.78 is 36.4. The molecule has 0 bridgehead atoms. The molecule has 6 nitrogen and oxygen atoms in total. The van der Waals surface area contributed by atoms with Gasteiger partial charge in [-0.1, -0.05) is 43.5 Å². The minimum Gasteiger partial charge on any atom is -0.489 e. The van der Waals surface area contributed by atoms with Gasteiger partial charge in [0.05, 0.1) is 22.7 Å². The van der Waals surface area contributed by atoms with Gasteiger partial charge in [-0.3, -0.25) is 4.72 Å². The number of hydrogen-bond acceptors (Lipinski definition) is 6. The molecule has 34 heavy (non-hydrogen) atoms. The lowest BCUT2D eigenvalue weighted by Gasteiger charge is -2.27. The van der Waals surface area contributed by atoms with E-state index in [-0.39, 0.29) is 17.8 Å². The number of nitrogens with one attached hydrogen (secondary N) is 1. The largest absolute Gasteiger partial charge is 0.489 e. The van der Waals surface area contributed by atoms with E-state index in [0.717, 1.165) is 17.4 Å². The molecule has 1 N–H and O–H groups in total. The Morgan fingerprint density at radius 3 is 2.50 bits per heavy atom. The number of benzene rings is 2. The Balaban J connectivity index is 1.73. The van der Waals surface area contributed by atoms with Crippen molar-refractivity contribution >= 4 is 50.4 Å². The standard InChI is InChI=1S/C24H24Cl2N2O4S2/c1-5-16-12-18(13-20(26)23(16)31-11-10-25)24(2,3)17-6-8-19(9-7-17)32-14-22-27-21(15-33-22)28-34(4,29)30/h1,6-9,12-13,15,28H,10-11,14H2,2-4H3. The van der Waals surface area contributed by atoms with Crippen LogP contribution in [-0.2, 0) is 22.0 Å². The van der Waals surface area contributed by atoms with Crippen LogP contribution in [0.15, 0.2) is 41.8 Å². The van der Waals surface area contributed by atoms with Crippen molar-refractivity contribution in [2.45, 2.75) is 25.9 Å². The molecule has 0 atom stereocenters. The Morgan fingerprint density at radius 1 is 1.18 bits per heavy atom. The van der Waals surface area contributed by atoms with Crippen LogP contribution in [0.2, 0.25) is 5.02 Å². The van der Waals surface area contributed by atoms with Gasteiger partial charge in [-0.25, -0.2) is 13.4 Å². The fourth-order valence-corrected chi connectivity index (χ4v) is 4.79. The van der Waals surface area contributed by atoms with Crippen molar-refractivity contribution in [1.29, 1.82) is 0 Å². The van der Waals surface area contributed by atoms with Gasteiger partial charge < -0.3 is 9.47 Å². The van der Waals surface area contributed by atoms with Crippen molar-refractivity contribution in [2.75, 3.05) is 23.5 Å². The number of hydrogen-bond donors (Lipinski definition) is 1. The third-order valence-corrected chi connectivity index (χ3v) is 6.86. The molecular weight excluding hydrogens is 515 g/mol. The molecule has 0 saturated carbocycles. The van der Waals surface area contributed by atoms with Gasteiger partial charge in [0, 0.05) is 10.8 Å². The number of halogens is 2. The third kappa shape index (κ3) is 6.57. The van der Waals surface area contributed by atoms with Crippen LogP contribution in [0.25, 0.3) is 0 Å². The first-order valence-corrected chi connectivity index (χ1v) is 13.9. The number of anilines is 1. The van der Waals surface area contributed by atoms with E-state index in [1.54, 1.807) is 5.38 Å². The Labute approximate surface area is 214 Å². The maximum Gasteiger partial charge on any atom is 0.230 e. The highest BCUT2D eigenvalue weighted by atomic mass is 35.5. The van der Waals surface area contributed by atoms with Crippen LogP contribution in [0.4, 0.5) is 5.82 Å². The molecule has 1 heterocycles. The quantitative estimate of drug-likeness (QED) is 0.265. The first-order valence-electron chi connectivity index (χ1n) is 10.2. The summed E-state index contributed by atoms with van der Waals surface area (Å²) in [7, 11) is -3.36. The minimum absolute atomic E-state index is 0.226. The van der Waals surface area contributed by atoms with Crippen LogP contribution >= 0.6 is 34.5 Å². The van der Waals surface area contributed by atoms with Crippen LogP contribution in [0, 0.1) is 12.3 Å². The SMILES string of the molecule is C#Cc1cc(C(C)(C)c2ccc(OCc3nc(NS(C)(=O)=O)cs3)cc2)cc(Cl)c1OCCCl. The highest BCUT2D eigenvalue weighted by Crippen LogP contribution is 2.38. The molecule has 0 spiro atoms. The van der Waals surface area contributed by atoms with Gasteiger partial charge in [0.25, 0.3) is 0 Å². The van der Waals surface area contributed by atoms with Gasteiger partial charge >= 0.3 is 0 Å². The summed E-state index contributed by atoms with van der Waals surface area (Å²) in [6, 6.07) is 11.5. The summed E-state index contributed by atoms with van der Waals surface area (Å²) in [5.74, 6) is 4.40. The molecule has 0 amide bonds. The summed E-state index contributed by atoms with van der Waals surface area (Å²) in [6.07, 6.45) is 6.78. The van der Waals surface area contributed by atoms with Crippen LogP contribution < -0.4 is 14.2 Å². The van der Waals surface area contributed by atoms with E-state index in [1.807, 2.05) is 36.4 Å². The van der Waals surface area contributed by atoms with Crippen molar-refractivity contribution in [3.63, 3.8) is 0 Å². The van der Waals surface area contributed by atoms with Gasteiger partial charge in [0.2, 0.25) is 10.0 Å². The Hall–Kier alpha value is -2.44. The predicted octanol–water partition coefficient (Wildman–Crippen LogP) is 5.67. The van der Waals surface area contributed by atoms with E-state index in [9.17, 15) is 8.42 Å².